The quantitative estimate of drug-likeness (QED) is 0.132. The van der Waals surface area contributed by atoms with Crippen molar-refractivity contribution in [3.05, 3.63) is 11.6 Å². The van der Waals surface area contributed by atoms with Crippen LogP contribution in [0.4, 0.5) is 0 Å². The minimum atomic E-state index is -1.79. The maximum Gasteiger partial charge on any atom is 0.327 e. The van der Waals surface area contributed by atoms with E-state index in [4.69, 9.17) is 9.84 Å². The number of rotatable bonds is 12. The van der Waals surface area contributed by atoms with Gasteiger partial charge < -0.3 is 30.7 Å². The fourth-order valence-corrected chi connectivity index (χ4v) is 9.18. The summed E-state index contributed by atoms with van der Waals surface area (Å²) in [4.78, 5) is 74.5. The molecule has 0 aromatic carbocycles. The SMILES string of the molecule is CC(C)[C@H](NC(=O)CCC(=O)OCC(=O)[C@@]1(O)CC[C@H]2[C@H]3CCC4=CC(=O)CC[C@]4(C)[C@@H]3[C@@H](O)C[C@@]21C)C(=O)N[C@@H](CS)C(=O)O. The summed E-state index contributed by atoms with van der Waals surface area (Å²) < 4.78 is 5.20. The van der Waals surface area contributed by atoms with E-state index in [2.05, 4.69) is 30.2 Å². The highest BCUT2D eigenvalue weighted by molar-refractivity contribution is 7.80. The summed E-state index contributed by atoms with van der Waals surface area (Å²) in [6.07, 6.45) is 3.94. The van der Waals surface area contributed by atoms with Gasteiger partial charge in [-0.3, -0.25) is 24.0 Å². The zero-order chi connectivity index (χ0) is 34.2. The van der Waals surface area contributed by atoms with Crippen LogP contribution in [-0.4, -0.2) is 86.8 Å². The Hall–Kier alpha value is -2.77. The van der Waals surface area contributed by atoms with Crippen LogP contribution in [0, 0.1) is 34.5 Å². The van der Waals surface area contributed by atoms with Gasteiger partial charge in [0, 0.05) is 24.0 Å². The maximum absolute atomic E-state index is 13.5. The lowest BCUT2D eigenvalue weighted by atomic mass is 9.45. The molecule has 2 amide bonds. The second-order valence-corrected chi connectivity index (χ2v) is 14.8. The third-order valence-corrected chi connectivity index (χ3v) is 11.9. The third-order valence-electron chi connectivity index (χ3n) is 11.5. The van der Waals surface area contributed by atoms with E-state index < -0.39 is 65.3 Å². The van der Waals surface area contributed by atoms with Gasteiger partial charge in [0.1, 0.15) is 17.7 Å². The lowest BCUT2D eigenvalue weighted by molar-refractivity contribution is -0.184. The Morgan fingerprint density at radius 3 is 2.39 bits per heavy atom. The van der Waals surface area contributed by atoms with Crippen LogP contribution in [0.25, 0.3) is 0 Å². The molecule has 5 N–H and O–H groups in total. The van der Waals surface area contributed by atoms with Crippen LogP contribution >= 0.6 is 12.6 Å². The van der Waals surface area contributed by atoms with Crippen molar-refractivity contribution in [2.75, 3.05) is 12.4 Å². The van der Waals surface area contributed by atoms with Gasteiger partial charge in [-0.1, -0.05) is 33.3 Å². The summed E-state index contributed by atoms with van der Waals surface area (Å²) in [5.74, 6) is -4.45. The van der Waals surface area contributed by atoms with E-state index in [1.807, 2.05) is 6.92 Å². The molecule has 0 bridgehead atoms. The summed E-state index contributed by atoms with van der Waals surface area (Å²) in [5, 5.41) is 37.4. The fourth-order valence-electron chi connectivity index (χ4n) is 8.93. The number of hydrogen-bond donors (Lipinski definition) is 6. The normalized spacial score (nSPS) is 34.7. The van der Waals surface area contributed by atoms with Crippen molar-refractivity contribution < 1.29 is 48.8 Å². The van der Waals surface area contributed by atoms with E-state index in [0.717, 1.165) is 18.4 Å². The van der Waals surface area contributed by atoms with Crippen molar-refractivity contribution in [2.45, 2.75) is 109 Å². The van der Waals surface area contributed by atoms with Gasteiger partial charge in [0.2, 0.25) is 17.6 Å². The zero-order valence-electron chi connectivity index (χ0n) is 27.0. The number of allylic oxidation sites excluding steroid dienone is 1. The number of carbonyl (C=O) groups excluding carboxylic acids is 5. The molecule has 0 spiro atoms. The third kappa shape index (κ3) is 6.64. The monoisotopic (exact) mass is 664 g/mol. The van der Waals surface area contributed by atoms with Gasteiger partial charge in [-0.05, 0) is 73.7 Å². The summed E-state index contributed by atoms with van der Waals surface area (Å²) in [7, 11) is 0. The smallest absolute Gasteiger partial charge is 0.327 e. The van der Waals surface area contributed by atoms with Crippen LogP contribution in [0.15, 0.2) is 11.6 Å². The largest absolute Gasteiger partial charge is 0.480 e. The number of ketones is 2. The van der Waals surface area contributed by atoms with Crippen LogP contribution < -0.4 is 10.6 Å². The molecule has 9 atom stereocenters. The first-order valence-corrected chi connectivity index (χ1v) is 16.9. The molecule has 12 nitrogen and oxygen atoms in total. The van der Waals surface area contributed by atoms with Gasteiger partial charge in [-0.25, -0.2) is 4.79 Å². The summed E-state index contributed by atoms with van der Waals surface area (Å²) in [6.45, 7) is 6.66. The van der Waals surface area contributed by atoms with Crippen molar-refractivity contribution in [1.82, 2.24) is 10.6 Å². The Morgan fingerprint density at radius 1 is 1.07 bits per heavy atom. The van der Waals surface area contributed by atoms with Crippen molar-refractivity contribution in [3.8, 4) is 0 Å². The number of fused-ring (bicyclic) bond motifs is 5. The molecule has 4 aliphatic rings. The molecule has 3 fully saturated rings. The first-order chi connectivity index (χ1) is 21.5. The second-order valence-electron chi connectivity index (χ2n) is 14.4. The molecule has 46 heavy (non-hydrogen) atoms. The van der Waals surface area contributed by atoms with Crippen molar-refractivity contribution in [1.29, 1.82) is 0 Å². The molecule has 0 aromatic heterocycles. The van der Waals surface area contributed by atoms with Gasteiger partial charge in [0.25, 0.3) is 0 Å². The van der Waals surface area contributed by atoms with Gasteiger partial charge in [0.15, 0.2) is 12.4 Å². The van der Waals surface area contributed by atoms with Gasteiger partial charge in [-0.15, -0.1) is 0 Å². The number of hydrogen-bond acceptors (Lipinski definition) is 10. The molecule has 4 aliphatic carbocycles. The Labute approximate surface area is 274 Å². The van der Waals surface area contributed by atoms with Crippen LogP contribution in [0.5, 0.6) is 0 Å². The Kier molecular flexibility index (Phi) is 10.8. The predicted octanol–water partition coefficient (Wildman–Crippen LogP) is 1.75. The molecule has 13 heteroatoms. The average molecular weight is 665 g/mol. The fraction of sp³-hybridized carbons (Fsp3) is 0.758. The van der Waals surface area contributed by atoms with Crippen LogP contribution in [-0.2, 0) is 33.5 Å². The molecule has 0 aromatic rings. The van der Waals surface area contributed by atoms with E-state index in [1.165, 1.54) is 0 Å². The number of amides is 2. The molecular weight excluding hydrogens is 616 g/mol. The van der Waals surface area contributed by atoms with Crippen LogP contribution in [0.3, 0.4) is 0 Å². The van der Waals surface area contributed by atoms with Crippen molar-refractivity contribution in [2.24, 2.45) is 34.5 Å². The molecule has 0 heterocycles. The first kappa shape index (κ1) is 36.1. The van der Waals surface area contributed by atoms with Gasteiger partial charge >= 0.3 is 11.9 Å². The molecule has 256 valence electrons. The highest BCUT2D eigenvalue weighted by Gasteiger charge is 2.68. The number of nitrogens with one attached hydrogen (secondary N) is 2. The van der Waals surface area contributed by atoms with Crippen LogP contribution in [0.1, 0.15) is 85.5 Å². The molecule has 0 aliphatic heterocycles. The number of carbonyl (C=O) groups is 6. The standard InChI is InChI=1S/C33H48N2O10S/c1-17(2)28(29(41)34-22(16-46)30(42)43)35-25(39)7-8-26(40)45-15-24(38)33(44)12-10-21-20-6-5-18-13-19(36)9-11-31(18,3)27(20)23(37)14-32(21,33)4/h13,17,20-23,27-28,37,44,46H,5-12,14-16H2,1-4H3,(H,34,41)(H,35,39)(H,42,43)/t20-,21+,22+,23+,27+,28+,31+,32+,33+/m1/s1. The topological polar surface area (TPSA) is 196 Å². The predicted molar refractivity (Wildman–Crippen MR) is 168 cm³/mol. The average Bonchev–Trinajstić information content (AvgIpc) is 3.26. The molecule has 4 rings (SSSR count). The Balaban J connectivity index is 1.33. The Bertz CT molecular complexity index is 1300. The highest BCUT2D eigenvalue weighted by Crippen LogP contribution is 2.67. The van der Waals surface area contributed by atoms with Gasteiger partial charge in [0.05, 0.1) is 12.5 Å². The number of esters is 1. The number of aliphatic hydroxyl groups excluding tert-OH is 1. The second kappa shape index (κ2) is 13.8. The van der Waals surface area contributed by atoms with Gasteiger partial charge in [-0.2, -0.15) is 12.6 Å². The number of ether oxygens (including phenoxy) is 1. The van der Waals surface area contributed by atoms with E-state index in [9.17, 15) is 39.0 Å². The maximum atomic E-state index is 13.5. The van der Waals surface area contributed by atoms with E-state index in [1.54, 1.807) is 19.9 Å². The molecule has 0 radical (unpaired) electrons. The first-order valence-electron chi connectivity index (χ1n) is 16.2. The summed E-state index contributed by atoms with van der Waals surface area (Å²) >= 11 is 3.92. The number of carboxylic acids is 1. The Morgan fingerprint density at radius 2 is 1.76 bits per heavy atom. The molecule has 0 unspecified atom stereocenters. The highest BCUT2D eigenvalue weighted by atomic mass is 32.1. The van der Waals surface area contributed by atoms with Crippen molar-refractivity contribution in [3.63, 3.8) is 0 Å². The lowest BCUT2D eigenvalue weighted by Crippen LogP contribution is -2.62. The van der Waals surface area contributed by atoms with E-state index in [0.29, 0.717) is 19.3 Å². The molecular formula is C33H48N2O10S. The van der Waals surface area contributed by atoms with Crippen molar-refractivity contribution >= 4 is 47.9 Å². The minimum absolute atomic E-state index is 0.0186. The number of aliphatic carboxylic acids is 1. The molecule has 0 saturated heterocycles. The zero-order valence-corrected chi connectivity index (χ0v) is 27.9. The van der Waals surface area contributed by atoms with E-state index >= 15 is 0 Å². The van der Waals surface area contributed by atoms with E-state index in [-0.39, 0.29) is 66.3 Å². The number of thiol groups is 1. The summed E-state index contributed by atoms with van der Waals surface area (Å²) in [6, 6.07) is -2.27. The number of carboxylic acid groups (broad SMARTS) is 1. The minimum Gasteiger partial charge on any atom is -0.480 e. The number of aliphatic hydroxyl groups is 2. The lowest BCUT2D eigenvalue weighted by Gasteiger charge is -2.60. The molecule has 3 saturated carbocycles. The van der Waals surface area contributed by atoms with Crippen LogP contribution in [0.2, 0.25) is 0 Å². The summed E-state index contributed by atoms with van der Waals surface area (Å²) in [5.41, 5.74) is -1.91. The number of Topliss-reactive ketones (excluding diaryl/α,β-unsaturated/α-hetero) is 1.